The maximum atomic E-state index is 13.6. The van der Waals surface area contributed by atoms with Gasteiger partial charge in [-0.3, -0.25) is 9.59 Å². The quantitative estimate of drug-likeness (QED) is 0.904. The van der Waals surface area contributed by atoms with Crippen molar-refractivity contribution in [3.05, 3.63) is 34.1 Å². The molecule has 0 spiro atoms. The van der Waals surface area contributed by atoms with Crippen LogP contribution < -0.4 is 5.32 Å². The van der Waals surface area contributed by atoms with Crippen molar-refractivity contribution in [3.8, 4) is 0 Å². The molecule has 1 saturated heterocycles. The lowest BCUT2D eigenvalue weighted by atomic mass is 10.1. The summed E-state index contributed by atoms with van der Waals surface area (Å²) in [4.78, 5) is 26.1. The Labute approximate surface area is 131 Å². The highest BCUT2D eigenvalue weighted by atomic mass is 79.9. The molecule has 1 aliphatic heterocycles. The van der Waals surface area contributed by atoms with E-state index in [-0.39, 0.29) is 11.5 Å². The average Bonchev–Trinajstić information content (AvgIpc) is 2.49. The normalized spacial score (nSPS) is 16.4. The van der Waals surface area contributed by atoms with Crippen molar-refractivity contribution in [3.63, 3.8) is 0 Å². The Morgan fingerprint density at radius 1 is 1.29 bits per heavy atom. The van der Waals surface area contributed by atoms with E-state index in [1.165, 1.54) is 18.2 Å². The number of amides is 2. The molecule has 2 amide bonds. The van der Waals surface area contributed by atoms with E-state index in [0.717, 1.165) is 32.4 Å². The third kappa shape index (κ3) is 4.03. The number of piperidine rings is 1. The third-order valence-electron chi connectivity index (χ3n) is 3.56. The van der Waals surface area contributed by atoms with Crippen molar-refractivity contribution in [2.45, 2.75) is 32.2 Å². The molecule has 0 aromatic heterocycles. The lowest BCUT2D eigenvalue weighted by Crippen LogP contribution is -2.48. The zero-order valence-corrected chi connectivity index (χ0v) is 13.5. The topological polar surface area (TPSA) is 49.4 Å². The van der Waals surface area contributed by atoms with Crippen LogP contribution >= 0.6 is 15.9 Å². The highest BCUT2D eigenvalue weighted by Gasteiger charge is 2.24. The molecule has 21 heavy (non-hydrogen) atoms. The molecular formula is C15H18BrFN2O2. The van der Waals surface area contributed by atoms with Crippen LogP contribution in [0.2, 0.25) is 0 Å². The summed E-state index contributed by atoms with van der Waals surface area (Å²) in [7, 11) is 0. The summed E-state index contributed by atoms with van der Waals surface area (Å²) in [6.45, 7) is 3.08. The van der Waals surface area contributed by atoms with Gasteiger partial charge in [-0.05, 0) is 44.4 Å². The molecule has 4 nitrogen and oxygen atoms in total. The number of carbonyl (C=O) groups is 2. The second-order valence-electron chi connectivity index (χ2n) is 5.21. The van der Waals surface area contributed by atoms with E-state index >= 15 is 0 Å². The van der Waals surface area contributed by atoms with Crippen LogP contribution in [0.4, 0.5) is 4.39 Å². The Bertz CT molecular complexity index is 544. The first-order chi connectivity index (χ1) is 9.99. The van der Waals surface area contributed by atoms with Crippen molar-refractivity contribution in [2.75, 3.05) is 13.1 Å². The fourth-order valence-corrected chi connectivity index (χ4v) is 2.76. The molecule has 0 saturated carbocycles. The molecule has 1 N–H and O–H groups in total. The van der Waals surface area contributed by atoms with Gasteiger partial charge in [-0.1, -0.05) is 15.9 Å². The van der Waals surface area contributed by atoms with Crippen molar-refractivity contribution in [2.24, 2.45) is 0 Å². The first-order valence-electron chi connectivity index (χ1n) is 7.04. The van der Waals surface area contributed by atoms with Crippen LogP contribution in [0.1, 0.15) is 36.5 Å². The van der Waals surface area contributed by atoms with Crippen molar-refractivity contribution in [1.29, 1.82) is 0 Å². The van der Waals surface area contributed by atoms with Gasteiger partial charge in [-0.2, -0.15) is 0 Å². The fourth-order valence-electron chi connectivity index (χ4n) is 2.40. The number of nitrogens with zero attached hydrogens (tertiary/aromatic N) is 1. The van der Waals surface area contributed by atoms with Crippen LogP contribution in [0, 0.1) is 5.82 Å². The Kier molecular flexibility index (Phi) is 5.33. The molecule has 1 aromatic carbocycles. The average molecular weight is 357 g/mol. The molecule has 0 aliphatic carbocycles. The van der Waals surface area contributed by atoms with Crippen LogP contribution in [0.3, 0.4) is 0 Å². The summed E-state index contributed by atoms with van der Waals surface area (Å²) in [5.74, 6) is -1.29. The summed E-state index contributed by atoms with van der Waals surface area (Å²) in [5.41, 5.74) is -0.0670. The van der Waals surface area contributed by atoms with Gasteiger partial charge in [-0.25, -0.2) is 4.39 Å². The van der Waals surface area contributed by atoms with Gasteiger partial charge in [0.05, 0.1) is 5.56 Å². The summed E-state index contributed by atoms with van der Waals surface area (Å²) in [6, 6.07) is 3.49. The number of hydrogen-bond donors (Lipinski definition) is 1. The number of nitrogens with one attached hydrogen (secondary N) is 1. The van der Waals surface area contributed by atoms with Crippen molar-refractivity contribution >= 4 is 27.7 Å². The Balaban J connectivity index is 2.01. The monoisotopic (exact) mass is 356 g/mol. The van der Waals surface area contributed by atoms with E-state index in [1.54, 1.807) is 11.8 Å². The zero-order chi connectivity index (χ0) is 15.4. The lowest BCUT2D eigenvalue weighted by Gasteiger charge is -2.29. The van der Waals surface area contributed by atoms with Gasteiger partial charge in [0.2, 0.25) is 5.91 Å². The molecule has 1 aromatic rings. The maximum Gasteiger partial charge on any atom is 0.254 e. The first-order valence-corrected chi connectivity index (χ1v) is 7.83. The fraction of sp³-hybridized carbons (Fsp3) is 0.467. The van der Waals surface area contributed by atoms with Gasteiger partial charge in [-0.15, -0.1) is 0 Å². The molecule has 114 valence electrons. The molecule has 6 heteroatoms. The van der Waals surface area contributed by atoms with Crippen molar-refractivity contribution < 1.29 is 14.0 Å². The minimum atomic E-state index is -0.658. The highest BCUT2D eigenvalue weighted by Crippen LogP contribution is 2.16. The predicted octanol–water partition coefficient (Wildman–Crippen LogP) is 2.72. The highest BCUT2D eigenvalue weighted by molar-refractivity contribution is 9.10. The van der Waals surface area contributed by atoms with Crippen molar-refractivity contribution in [1.82, 2.24) is 10.2 Å². The largest absolute Gasteiger partial charge is 0.341 e. The van der Waals surface area contributed by atoms with Crippen LogP contribution in [-0.2, 0) is 4.79 Å². The summed E-state index contributed by atoms with van der Waals surface area (Å²) in [6.07, 6.45) is 3.12. The number of likely N-dealkylation sites (tertiary alicyclic amines) is 1. The van der Waals surface area contributed by atoms with Gasteiger partial charge < -0.3 is 10.2 Å². The van der Waals surface area contributed by atoms with E-state index in [0.29, 0.717) is 4.47 Å². The van der Waals surface area contributed by atoms with Crippen LogP contribution in [0.25, 0.3) is 0 Å². The van der Waals surface area contributed by atoms with E-state index in [9.17, 15) is 14.0 Å². The Hall–Kier alpha value is -1.43. The molecule has 2 rings (SSSR count). The van der Waals surface area contributed by atoms with Gasteiger partial charge >= 0.3 is 0 Å². The molecule has 1 unspecified atom stereocenters. The van der Waals surface area contributed by atoms with Crippen LogP contribution in [0.5, 0.6) is 0 Å². The summed E-state index contributed by atoms with van der Waals surface area (Å²) in [5, 5.41) is 2.57. The Morgan fingerprint density at radius 3 is 2.62 bits per heavy atom. The van der Waals surface area contributed by atoms with Crippen LogP contribution in [0.15, 0.2) is 22.7 Å². The molecular weight excluding hydrogens is 339 g/mol. The third-order valence-corrected chi connectivity index (χ3v) is 4.05. The first kappa shape index (κ1) is 15.9. The number of hydrogen-bond acceptors (Lipinski definition) is 2. The standard InChI is InChI=1S/C15H18BrFN2O2/c1-10(15(21)19-7-3-2-4-8-19)18-14(20)12-9-11(16)5-6-13(12)17/h5-6,9-10H,2-4,7-8H2,1H3,(H,18,20). The second-order valence-corrected chi connectivity index (χ2v) is 6.12. The summed E-state index contributed by atoms with van der Waals surface area (Å²) < 4.78 is 14.3. The lowest BCUT2D eigenvalue weighted by molar-refractivity contribution is -0.133. The molecule has 0 bridgehead atoms. The molecule has 1 atom stereocenters. The number of carbonyl (C=O) groups excluding carboxylic acids is 2. The predicted molar refractivity (Wildman–Crippen MR) is 81.5 cm³/mol. The molecule has 0 radical (unpaired) electrons. The number of halogens is 2. The zero-order valence-electron chi connectivity index (χ0n) is 11.9. The SMILES string of the molecule is CC(NC(=O)c1cc(Br)ccc1F)C(=O)N1CCCCC1. The Morgan fingerprint density at radius 2 is 1.95 bits per heavy atom. The van der Waals surface area contributed by atoms with E-state index in [4.69, 9.17) is 0 Å². The molecule has 1 fully saturated rings. The van der Waals surface area contributed by atoms with Gasteiger partial charge in [0.15, 0.2) is 0 Å². The molecule has 1 aliphatic rings. The minimum absolute atomic E-state index is 0.0670. The summed E-state index contributed by atoms with van der Waals surface area (Å²) >= 11 is 3.20. The number of rotatable bonds is 3. The minimum Gasteiger partial charge on any atom is -0.341 e. The number of benzene rings is 1. The molecule has 1 heterocycles. The van der Waals surface area contributed by atoms with Gasteiger partial charge in [0.1, 0.15) is 11.9 Å². The maximum absolute atomic E-state index is 13.6. The second kappa shape index (κ2) is 7.02. The smallest absolute Gasteiger partial charge is 0.254 e. The van der Waals surface area contributed by atoms with Gasteiger partial charge in [0, 0.05) is 17.6 Å². The van der Waals surface area contributed by atoms with E-state index in [1.807, 2.05) is 0 Å². The van der Waals surface area contributed by atoms with E-state index in [2.05, 4.69) is 21.2 Å². The van der Waals surface area contributed by atoms with E-state index < -0.39 is 17.8 Å². The van der Waals surface area contributed by atoms with Crippen LogP contribution in [-0.4, -0.2) is 35.8 Å². The van der Waals surface area contributed by atoms with Gasteiger partial charge in [0.25, 0.3) is 5.91 Å².